The molecule has 0 amide bonds. The van der Waals surface area contributed by atoms with Crippen LogP contribution in [0, 0.1) is 11.3 Å². The second kappa shape index (κ2) is 4.99. The molecule has 1 aromatic carbocycles. The van der Waals surface area contributed by atoms with E-state index < -0.39 is 0 Å². The summed E-state index contributed by atoms with van der Waals surface area (Å²) in [6, 6.07) is 20.5. The van der Waals surface area contributed by atoms with E-state index in [-0.39, 0.29) is 0 Å². The van der Waals surface area contributed by atoms with Crippen LogP contribution < -0.4 is 0 Å². The van der Waals surface area contributed by atoms with Crippen LogP contribution in [0.4, 0.5) is 0 Å². The van der Waals surface area contributed by atoms with Crippen LogP contribution in [0.1, 0.15) is 16.8 Å². The SMILES string of the molecule is N#Cc1ccc(CCc2ccc3ccccn23)cc1. The van der Waals surface area contributed by atoms with Crippen LogP contribution in [0.15, 0.2) is 60.8 Å². The van der Waals surface area contributed by atoms with Gasteiger partial charge in [-0.2, -0.15) is 5.26 Å². The van der Waals surface area contributed by atoms with Crippen molar-refractivity contribution in [2.75, 3.05) is 0 Å². The van der Waals surface area contributed by atoms with Gasteiger partial charge in [0.2, 0.25) is 0 Å². The lowest BCUT2D eigenvalue weighted by molar-refractivity contribution is 0.896. The van der Waals surface area contributed by atoms with Crippen molar-refractivity contribution in [2.24, 2.45) is 0 Å². The first-order valence-corrected chi connectivity index (χ1v) is 6.41. The smallest absolute Gasteiger partial charge is 0.0991 e. The third-order valence-corrected chi connectivity index (χ3v) is 3.40. The predicted octanol–water partition coefficient (Wildman–Crippen LogP) is 3.60. The maximum atomic E-state index is 8.77. The van der Waals surface area contributed by atoms with E-state index in [0.29, 0.717) is 0 Å². The molecule has 19 heavy (non-hydrogen) atoms. The summed E-state index contributed by atoms with van der Waals surface area (Å²) < 4.78 is 2.23. The molecule has 0 bridgehead atoms. The number of nitrogens with zero attached hydrogens (tertiary/aromatic N) is 2. The molecule has 0 fully saturated rings. The highest BCUT2D eigenvalue weighted by molar-refractivity contribution is 5.49. The minimum atomic E-state index is 0.719. The predicted molar refractivity (Wildman–Crippen MR) is 76.0 cm³/mol. The molecule has 2 heteroatoms. The molecule has 2 nitrogen and oxygen atoms in total. The van der Waals surface area contributed by atoms with Crippen molar-refractivity contribution in [1.82, 2.24) is 4.40 Å². The van der Waals surface area contributed by atoms with Gasteiger partial charge in [0.25, 0.3) is 0 Å². The number of hydrogen-bond acceptors (Lipinski definition) is 1. The van der Waals surface area contributed by atoms with E-state index in [9.17, 15) is 0 Å². The topological polar surface area (TPSA) is 28.2 Å². The Bertz CT molecular complexity index is 730. The Morgan fingerprint density at radius 1 is 0.895 bits per heavy atom. The summed E-state index contributed by atoms with van der Waals surface area (Å²) in [5.74, 6) is 0. The Morgan fingerprint density at radius 2 is 1.74 bits per heavy atom. The van der Waals surface area contributed by atoms with E-state index in [0.717, 1.165) is 18.4 Å². The molecule has 0 saturated heterocycles. The number of fused-ring (bicyclic) bond motifs is 1. The zero-order chi connectivity index (χ0) is 13.1. The third kappa shape index (κ3) is 2.36. The molecule has 0 N–H and O–H groups in total. The highest BCUT2D eigenvalue weighted by Crippen LogP contribution is 2.13. The molecular weight excluding hydrogens is 232 g/mol. The fourth-order valence-corrected chi connectivity index (χ4v) is 2.34. The molecule has 0 saturated carbocycles. The summed E-state index contributed by atoms with van der Waals surface area (Å²) in [5.41, 5.74) is 4.54. The number of aryl methyl sites for hydroxylation is 2. The summed E-state index contributed by atoms with van der Waals surface area (Å²) in [6.45, 7) is 0. The van der Waals surface area contributed by atoms with E-state index >= 15 is 0 Å². The fraction of sp³-hybridized carbons (Fsp3) is 0.118. The molecule has 92 valence electrons. The molecule has 2 heterocycles. The minimum Gasteiger partial charge on any atom is -0.321 e. The molecular formula is C17H14N2. The largest absolute Gasteiger partial charge is 0.321 e. The normalized spacial score (nSPS) is 10.5. The molecule has 0 unspecified atom stereocenters. The van der Waals surface area contributed by atoms with Gasteiger partial charge in [-0.1, -0.05) is 18.2 Å². The summed E-state index contributed by atoms with van der Waals surface area (Å²) in [6.07, 6.45) is 4.10. The number of hydrogen-bond donors (Lipinski definition) is 0. The maximum absolute atomic E-state index is 8.77. The first-order chi connectivity index (χ1) is 9.36. The number of nitriles is 1. The zero-order valence-corrected chi connectivity index (χ0v) is 10.6. The molecule has 2 aromatic heterocycles. The first kappa shape index (κ1) is 11.6. The molecule has 0 radical (unpaired) electrons. The van der Waals surface area contributed by atoms with Gasteiger partial charge in [-0.15, -0.1) is 0 Å². The van der Waals surface area contributed by atoms with Gasteiger partial charge in [-0.25, -0.2) is 0 Å². The molecule has 3 rings (SSSR count). The van der Waals surface area contributed by atoms with Crippen molar-refractivity contribution >= 4 is 5.52 Å². The molecule has 0 aliphatic heterocycles. The Kier molecular flexibility index (Phi) is 3.04. The highest BCUT2D eigenvalue weighted by Gasteiger charge is 2.01. The monoisotopic (exact) mass is 246 g/mol. The molecule has 0 spiro atoms. The molecule has 0 aliphatic carbocycles. The summed E-state index contributed by atoms with van der Waals surface area (Å²) >= 11 is 0. The second-order valence-corrected chi connectivity index (χ2v) is 4.63. The lowest BCUT2D eigenvalue weighted by Crippen LogP contribution is -1.95. The van der Waals surface area contributed by atoms with Crippen LogP contribution in [0.25, 0.3) is 5.52 Å². The Balaban J connectivity index is 1.77. The lowest BCUT2D eigenvalue weighted by Gasteiger charge is -2.03. The third-order valence-electron chi connectivity index (χ3n) is 3.40. The summed E-state index contributed by atoms with van der Waals surface area (Å²) in [4.78, 5) is 0. The Labute approximate surface area is 112 Å². The van der Waals surface area contributed by atoms with Crippen LogP contribution in [-0.4, -0.2) is 4.40 Å². The number of rotatable bonds is 3. The lowest BCUT2D eigenvalue weighted by atomic mass is 10.1. The van der Waals surface area contributed by atoms with E-state index in [1.54, 1.807) is 0 Å². The van der Waals surface area contributed by atoms with Gasteiger partial charge < -0.3 is 4.40 Å². The van der Waals surface area contributed by atoms with Crippen molar-refractivity contribution < 1.29 is 0 Å². The highest BCUT2D eigenvalue weighted by atomic mass is 14.9. The quantitative estimate of drug-likeness (QED) is 0.694. The van der Waals surface area contributed by atoms with Crippen LogP contribution >= 0.6 is 0 Å². The Morgan fingerprint density at radius 3 is 2.53 bits per heavy atom. The van der Waals surface area contributed by atoms with Gasteiger partial charge in [0.15, 0.2) is 0 Å². The van der Waals surface area contributed by atoms with Gasteiger partial charge in [-0.3, -0.25) is 0 Å². The van der Waals surface area contributed by atoms with Crippen molar-refractivity contribution in [1.29, 1.82) is 5.26 Å². The van der Waals surface area contributed by atoms with Gasteiger partial charge in [0, 0.05) is 17.4 Å². The van der Waals surface area contributed by atoms with E-state index in [2.05, 4.69) is 47.0 Å². The second-order valence-electron chi connectivity index (χ2n) is 4.63. The van der Waals surface area contributed by atoms with Gasteiger partial charge in [-0.05, 0) is 54.8 Å². The molecule has 0 aliphatic rings. The minimum absolute atomic E-state index is 0.719. The summed E-state index contributed by atoms with van der Waals surface area (Å²) in [7, 11) is 0. The van der Waals surface area contributed by atoms with E-state index in [4.69, 9.17) is 5.26 Å². The van der Waals surface area contributed by atoms with E-state index in [1.807, 2.05) is 24.3 Å². The van der Waals surface area contributed by atoms with Gasteiger partial charge >= 0.3 is 0 Å². The first-order valence-electron chi connectivity index (χ1n) is 6.41. The van der Waals surface area contributed by atoms with Crippen molar-refractivity contribution in [3.05, 3.63) is 77.6 Å². The standard InChI is InChI=1S/C17H14N2/c18-13-15-6-4-14(5-7-15)8-9-17-11-10-16-3-1-2-12-19(16)17/h1-7,10-12H,8-9H2. The van der Waals surface area contributed by atoms with Crippen LogP contribution in [0.5, 0.6) is 0 Å². The summed E-state index contributed by atoms with van der Waals surface area (Å²) in [5, 5.41) is 8.77. The van der Waals surface area contributed by atoms with Gasteiger partial charge in [0.1, 0.15) is 0 Å². The average Bonchev–Trinajstić information content (AvgIpc) is 2.89. The number of benzene rings is 1. The molecule has 0 atom stereocenters. The van der Waals surface area contributed by atoms with Crippen molar-refractivity contribution in [3.63, 3.8) is 0 Å². The van der Waals surface area contributed by atoms with Crippen molar-refractivity contribution in [3.8, 4) is 6.07 Å². The molecule has 3 aromatic rings. The fourth-order valence-electron chi connectivity index (χ4n) is 2.34. The van der Waals surface area contributed by atoms with Crippen molar-refractivity contribution in [2.45, 2.75) is 12.8 Å². The Hall–Kier alpha value is -2.53. The van der Waals surface area contributed by atoms with Crippen LogP contribution in [0.2, 0.25) is 0 Å². The number of aromatic nitrogens is 1. The van der Waals surface area contributed by atoms with Gasteiger partial charge in [0.05, 0.1) is 11.6 Å². The zero-order valence-electron chi connectivity index (χ0n) is 10.6. The van der Waals surface area contributed by atoms with Crippen LogP contribution in [-0.2, 0) is 12.8 Å². The maximum Gasteiger partial charge on any atom is 0.0991 e. The van der Waals surface area contributed by atoms with E-state index in [1.165, 1.54) is 16.8 Å². The average molecular weight is 246 g/mol. The van der Waals surface area contributed by atoms with Crippen LogP contribution in [0.3, 0.4) is 0 Å². The number of pyridine rings is 1.